The average Bonchev–Trinajstić information content (AvgIpc) is 2.55. The van der Waals surface area contributed by atoms with Gasteiger partial charge in [-0.05, 0) is 25.5 Å². The summed E-state index contributed by atoms with van der Waals surface area (Å²) < 4.78 is 0. The second kappa shape index (κ2) is 5.12. The van der Waals surface area contributed by atoms with Crippen molar-refractivity contribution in [2.45, 2.75) is 20.8 Å². The number of aliphatic carboxylic acids is 1. The number of carbonyl (C=O) groups excluding carboxylic acids is 1. The Morgan fingerprint density at radius 2 is 2.12 bits per heavy atom. The van der Waals surface area contributed by atoms with Crippen LogP contribution in [0.25, 0.3) is 0 Å². The van der Waals surface area contributed by atoms with Gasteiger partial charge in [0.25, 0.3) is 5.91 Å². The lowest BCUT2D eigenvalue weighted by Crippen LogP contribution is -2.30. The Morgan fingerprint density at radius 1 is 1.50 bits per heavy atom. The molecule has 16 heavy (non-hydrogen) atoms. The number of aryl methyl sites for hydroxylation is 2. The van der Waals surface area contributed by atoms with Gasteiger partial charge in [-0.3, -0.25) is 9.59 Å². The number of hydrogen-bond acceptors (Lipinski definition) is 3. The van der Waals surface area contributed by atoms with Crippen molar-refractivity contribution in [1.29, 1.82) is 0 Å². The van der Waals surface area contributed by atoms with Crippen molar-refractivity contribution in [1.82, 2.24) is 5.32 Å². The summed E-state index contributed by atoms with van der Waals surface area (Å²) in [6.45, 7) is 5.62. The standard InChI is InChI=1S/C11H15NO3S/c1-6-4-9(16-8(6)3)10(13)12-5-7(2)11(14)15/h4,7H,5H2,1-3H3,(H,12,13)(H,14,15). The zero-order chi connectivity index (χ0) is 12.3. The van der Waals surface area contributed by atoms with Crippen molar-refractivity contribution in [3.8, 4) is 0 Å². The van der Waals surface area contributed by atoms with Crippen LogP contribution in [0.4, 0.5) is 0 Å². The fraction of sp³-hybridized carbons (Fsp3) is 0.455. The number of amides is 1. The smallest absolute Gasteiger partial charge is 0.308 e. The Morgan fingerprint density at radius 3 is 2.56 bits per heavy atom. The van der Waals surface area contributed by atoms with Crippen LogP contribution in [-0.4, -0.2) is 23.5 Å². The second-order valence-corrected chi connectivity index (χ2v) is 5.06. The van der Waals surface area contributed by atoms with E-state index in [4.69, 9.17) is 5.11 Å². The normalized spacial score (nSPS) is 12.2. The summed E-state index contributed by atoms with van der Waals surface area (Å²) in [4.78, 5) is 23.9. The van der Waals surface area contributed by atoms with E-state index in [-0.39, 0.29) is 12.5 Å². The number of rotatable bonds is 4. The molecule has 88 valence electrons. The van der Waals surface area contributed by atoms with E-state index in [0.29, 0.717) is 4.88 Å². The summed E-state index contributed by atoms with van der Waals surface area (Å²) in [5.41, 5.74) is 1.08. The summed E-state index contributed by atoms with van der Waals surface area (Å²) in [6.07, 6.45) is 0. The number of carbonyl (C=O) groups is 2. The average molecular weight is 241 g/mol. The van der Waals surface area contributed by atoms with Gasteiger partial charge in [-0.25, -0.2) is 0 Å². The maximum atomic E-state index is 11.6. The van der Waals surface area contributed by atoms with Gasteiger partial charge in [0, 0.05) is 11.4 Å². The lowest BCUT2D eigenvalue weighted by molar-refractivity contribution is -0.140. The van der Waals surface area contributed by atoms with Crippen LogP contribution in [0.3, 0.4) is 0 Å². The minimum atomic E-state index is -0.904. The van der Waals surface area contributed by atoms with Gasteiger partial charge in [0.15, 0.2) is 0 Å². The second-order valence-electron chi connectivity index (χ2n) is 3.80. The number of carboxylic acid groups (broad SMARTS) is 1. The predicted molar refractivity (Wildman–Crippen MR) is 62.9 cm³/mol. The topological polar surface area (TPSA) is 66.4 Å². The summed E-state index contributed by atoms with van der Waals surface area (Å²) in [6, 6.07) is 1.82. The largest absolute Gasteiger partial charge is 0.481 e. The van der Waals surface area contributed by atoms with Gasteiger partial charge in [-0.15, -0.1) is 11.3 Å². The molecule has 0 spiro atoms. The number of hydrogen-bond donors (Lipinski definition) is 2. The summed E-state index contributed by atoms with van der Waals surface area (Å²) in [5, 5.41) is 11.3. The van der Waals surface area contributed by atoms with E-state index in [1.54, 1.807) is 6.92 Å². The molecule has 0 aliphatic carbocycles. The first kappa shape index (κ1) is 12.7. The quantitative estimate of drug-likeness (QED) is 0.845. The van der Waals surface area contributed by atoms with Gasteiger partial charge in [-0.2, -0.15) is 0 Å². The monoisotopic (exact) mass is 241 g/mol. The molecule has 1 unspecified atom stereocenters. The number of thiophene rings is 1. The highest BCUT2D eigenvalue weighted by molar-refractivity contribution is 7.14. The van der Waals surface area contributed by atoms with Gasteiger partial charge in [0.2, 0.25) is 0 Å². The SMILES string of the molecule is Cc1cc(C(=O)NCC(C)C(=O)O)sc1C. The van der Waals surface area contributed by atoms with Gasteiger partial charge in [-0.1, -0.05) is 6.92 Å². The van der Waals surface area contributed by atoms with Gasteiger partial charge < -0.3 is 10.4 Å². The highest BCUT2D eigenvalue weighted by atomic mass is 32.1. The van der Waals surface area contributed by atoms with E-state index in [2.05, 4.69) is 5.32 Å². The molecule has 1 atom stereocenters. The molecule has 0 bridgehead atoms. The van der Waals surface area contributed by atoms with Crippen molar-refractivity contribution in [2.24, 2.45) is 5.92 Å². The molecule has 0 fully saturated rings. The van der Waals surface area contributed by atoms with E-state index in [0.717, 1.165) is 10.4 Å². The summed E-state index contributed by atoms with van der Waals surface area (Å²) in [5.74, 6) is -1.67. The van der Waals surface area contributed by atoms with Gasteiger partial charge in [0.1, 0.15) is 0 Å². The molecule has 1 rings (SSSR count). The Kier molecular flexibility index (Phi) is 4.06. The Balaban J connectivity index is 2.56. The highest BCUT2D eigenvalue weighted by Gasteiger charge is 2.14. The molecule has 0 aliphatic rings. The molecule has 1 amide bonds. The van der Waals surface area contributed by atoms with Crippen LogP contribution in [0.1, 0.15) is 27.0 Å². The molecule has 1 heterocycles. The first-order chi connectivity index (χ1) is 7.41. The van der Waals surface area contributed by atoms with E-state index in [9.17, 15) is 9.59 Å². The Bertz CT molecular complexity index is 392. The molecule has 4 nitrogen and oxygen atoms in total. The zero-order valence-corrected chi connectivity index (χ0v) is 10.4. The van der Waals surface area contributed by atoms with Crippen LogP contribution >= 0.6 is 11.3 Å². The maximum Gasteiger partial charge on any atom is 0.308 e. The highest BCUT2D eigenvalue weighted by Crippen LogP contribution is 2.20. The maximum absolute atomic E-state index is 11.6. The van der Waals surface area contributed by atoms with Crippen LogP contribution in [-0.2, 0) is 4.79 Å². The van der Waals surface area contributed by atoms with E-state index in [1.165, 1.54) is 11.3 Å². The van der Waals surface area contributed by atoms with Crippen molar-refractivity contribution in [2.75, 3.05) is 6.54 Å². The summed E-state index contributed by atoms with van der Waals surface area (Å²) >= 11 is 1.42. The third-order valence-corrected chi connectivity index (χ3v) is 3.53. The molecule has 1 aromatic heterocycles. The van der Waals surface area contributed by atoms with Crippen LogP contribution in [0.5, 0.6) is 0 Å². The molecule has 0 saturated carbocycles. The summed E-state index contributed by atoms with van der Waals surface area (Å²) in [7, 11) is 0. The predicted octanol–water partition coefficient (Wildman–Crippen LogP) is 1.82. The van der Waals surface area contributed by atoms with Crippen LogP contribution < -0.4 is 5.32 Å². The van der Waals surface area contributed by atoms with Gasteiger partial charge >= 0.3 is 5.97 Å². The first-order valence-electron chi connectivity index (χ1n) is 5.00. The van der Waals surface area contributed by atoms with E-state index in [1.807, 2.05) is 19.9 Å². The van der Waals surface area contributed by atoms with E-state index < -0.39 is 11.9 Å². The van der Waals surface area contributed by atoms with Crippen molar-refractivity contribution in [3.63, 3.8) is 0 Å². The van der Waals surface area contributed by atoms with E-state index >= 15 is 0 Å². The minimum absolute atomic E-state index is 0.157. The Labute approximate surface area is 98.3 Å². The van der Waals surface area contributed by atoms with Gasteiger partial charge in [0.05, 0.1) is 10.8 Å². The number of nitrogens with one attached hydrogen (secondary N) is 1. The lowest BCUT2D eigenvalue weighted by Gasteiger charge is -2.06. The molecular weight excluding hydrogens is 226 g/mol. The third-order valence-electron chi connectivity index (χ3n) is 2.38. The molecule has 0 aliphatic heterocycles. The minimum Gasteiger partial charge on any atom is -0.481 e. The van der Waals surface area contributed by atoms with Crippen LogP contribution in [0.2, 0.25) is 0 Å². The fourth-order valence-electron chi connectivity index (χ4n) is 1.11. The molecule has 1 aromatic rings. The van der Waals surface area contributed by atoms with Crippen molar-refractivity contribution < 1.29 is 14.7 Å². The molecule has 0 aromatic carbocycles. The van der Waals surface area contributed by atoms with Crippen LogP contribution in [0.15, 0.2) is 6.07 Å². The van der Waals surface area contributed by atoms with Crippen LogP contribution in [0, 0.1) is 19.8 Å². The fourth-order valence-corrected chi connectivity index (χ4v) is 2.06. The van der Waals surface area contributed by atoms with Crippen molar-refractivity contribution >= 4 is 23.2 Å². The first-order valence-corrected chi connectivity index (χ1v) is 5.81. The molecular formula is C11H15NO3S. The molecule has 0 radical (unpaired) electrons. The number of carboxylic acids is 1. The molecule has 5 heteroatoms. The molecule has 0 saturated heterocycles. The molecule has 2 N–H and O–H groups in total. The Hall–Kier alpha value is -1.36. The van der Waals surface area contributed by atoms with Crippen molar-refractivity contribution in [3.05, 3.63) is 21.4 Å². The lowest BCUT2D eigenvalue weighted by atomic mass is 10.2. The third kappa shape index (κ3) is 3.06. The zero-order valence-electron chi connectivity index (χ0n) is 9.53.